The Labute approximate surface area is 152 Å². The largest absolute Gasteiger partial charge is 0.435 e. The Kier molecular flexibility index (Phi) is 4.81. The molecule has 2 aromatic carbocycles. The molecular weight excluding hydrogens is 383 g/mol. The van der Waals surface area contributed by atoms with Gasteiger partial charge < -0.3 is 5.21 Å². The van der Waals surface area contributed by atoms with Crippen molar-refractivity contribution in [1.82, 2.24) is 14.7 Å². The minimum Gasteiger partial charge on any atom is -0.302 e. The number of aryl methyl sites for hydroxylation is 1. The fourth-order valence-corrected chi connectivity index (χ4v) is 3.07. The van der Waals surface area contributed by atoms with Crippen LogP contribution in [-0.4, -0.2) is 23.4 Å². The summed E-state index contributed by atoms with van der Waals surface area (Å²) >= 11 is 0. The molecule has 6 nitrogen and oxygen atoms in total. The van der Waals surface area contributed by atoms with Gasteiger partial charge in [-0.3, -0.25) is 0 Å². The second-order valence-electron chi connectivity index (χ2n) is 5.78. The molecule has 0 aliphatic rings. The molecule has 1 aromatic heterocycles. The number of sulfonamides is 1. The highest BCUT2D eigenvalue weighted by atomic mass is 32.2. The van der Waals surface area contributed by atoms with Crippen molar-refractivity contribution < 1.29 is 26.8 Å². The van der Waals surface area contributed by atoms with E-state index in [0.717, 1.165) is 28.4 Å². The van der Waals surface area contributed by atoms with E-state index in [1.165, 1.54) is 17.0 Å². The van der Waals surface area contributed by atoms with Gasteiger partial charge in [0, 0.05) is 5.56 Å². The predicted molar refractivity (Wildman–Crippen MR) is 90.8 cm³/mol. The molecule has 0 aliphatic heterocycles. The molecular formula is C17H14F3N3O3S. The summed E-state index contributed by atoms with van der Waals surface area (Å²) in [4.78, 5) is 0.943. The normalized spacial score (nSPS) is 12.3. The van der Waals surface area contributed by atoms with Gasteiger partial charge in [-0.25, -0.2) is 13.1 Å². The average Bonchev–Trinajstić information content (AvgIpc) is 3.08. The molecule has 0 amide bonds. The number of hydrogen-bond acceptors (Lipinski definition) is 4. The summed E-state index contributed by atoms with van der Waals surface area (Å²) in [6, 6.07) is 12.7. The van der Waals surface area contributed by atoms with E-state index >= 15 is 0 Å². The van der Waals surface area contributed by atoms with Gasteiger partial charge in [-0.05, 0) is 37.3 Å². The van der Waals surface area contributed by atoms with Gasteiger partial charge in [0.05, 0.1) is 16.3 Å². The van der Waals surface area contributed by atoms with Crippen molar-refractivity contribution in [2.24, 2.45) is 0 Å². The lowest BCUT2D eigenvalue weighted by Gasteiger charge is -2.09. The molecule has 0 saturated heterocycles. The molecule has 0 radical (unpaired) electrons. The maximum atomic E-state index is 13.2. The van der Waals surface area contributed by atoms with Crippen LogP contribution in [0.25, 0.3) is 16.9 Å². The van der Waals surface area contributed by atoms with Gasteiger partial charge in [0.15, 0.2) is 5.69 Å². The van der Waals surface area contributed by atoms with E-state index in [-0.39, 0.29) is 16.3 Å². The highest BCUT2D eigenvalue weighted by Crippen LogP contribution is 2.33. The molecule has 3 rings (SSSR count). The monoisotopic (exact) mass is 397 g/mol. The van der Waals surface area contributed by atoms with Gasteiger partial charge in [-0.15, -0.1) is 0 Å². The first-order valence-corrected chi connectivity index (χ1v) is 9.11. The zero-order valence-corrected chi connectivity index (χ0v) is 14.7. The lowest BCUT2D eigenvalue weighted by molar-refractivity contribution is -0.141. The Morgan fingerprint density at radius 3 is 2.15 bits per heavy atom. The van der Waals surface area contributed by atoms with Crippen molar-refractivity contribution in [3.8, 4) is 16.9 Å². The van der Waals surface area contributed by atoms with E-state index in [0.29, 0.717) is 5.56 Å². The van der Waals surface area contributed by atoms with E-state index in [9.17, 15) is 21.6 Å². The van der Waals surface area contributed by atoms with Gasteiger partial charge in [-0.1, -0.05) is 34.7 Å². The number of benzene rings is 2. The molecule has 0 bridgehead atoms. The smallest absolute Gasteiger partial charge is 0.302 e. The molecule has 0 fully saturated rings. The van der Waals surface area contributed by atoms with Crippen LogP contribution in [0.4, 0.5) is 13.2 Å². The number of halogens is 3. The first kappa shape index (κ1) is 19.1. The van der Waals surface area contributed by atoms with Crippen molar-refractivity contribution in [3.63, 3.8) is 0 Å². The number of aromatic nitrogens is 2. The molecule has 0 atom stereocenters. The van der Waals surface area contributed by atoms with Crippen molar-refractivity contribution in [3.05, 3.63) is 65.9 Å². The Morgan fingerprint density at radius 2 is 1.63 bits per heavy atom. The molecule has 1 heterocycles. The van der Waals surface area contributed by atoms with E-state index in [2.05, 4.69) is 5.10 Å². The summed E-state index contributed by atoms with van der Waals surface area (Å²) in [5, 5.41) is 12.3. The second kappa shape index (κ2) is 6.80. The highest BCUT2D eigenvalue weighted by Gasteiger charge is 2.35. The van der Waals surface area contributed by atoms with Crippen molar-refractivity contribution >= 4 is 10.0 Å². The van der Waals surface area contributed by atoms with E-state index < -0.39 is 21.9 Å². The Hall–Kier alpha value is -2.69. The molecule has 2 N–H and O–H groups in total. The van der Waals surface area contributed by atoms with Crippen molar-refractivity contribution in [2.75, 3.05) is 0 Å². The molecule has 0 aliphatic carbocycles. The van der Waals surface area contributed by atoms with E-state index in [4.69, 9.17) is 5.21 Å². The average molecular weight is 397 g/mol. The summed E-state index contributed by atoms with van der Waals surface area (Å²) in [7, 11) is -4.09. The molecule has 0 unspecified atom stereocenters. The van der Waals surface area contributed by atoms with Gasteiger partial charge in [0.2, 0.25) is 0 Å². The van der Waals surface area contributed by atoms with Crippen LogP contribution in [0.3, 0.4) is 0 Å². The number of rotatable bonds is 4. The van der Waals surface area contributed by atoms with Crippen LogP contribution in [0.1, 0.15) is 11.3 Å². The topological polar surface area (TPSA) is 84.2 Å². The Morgan fingerprint density at radius 1 is 1.04 bits per heavy atom. The molecule has 0 saturated carbocycles. The van der Waals surface area contributed by atoms with Crippen LogP contribution < -0.4 is 4.89 Å². The lowest BCUT2D eigenvalue weighted by atomic mass is 10.1. The van der Waals surface area contributed by atoms with Crippen LogP contribution in [0, 0.1) is 6.92 Å². The van der Waals surface area contributed by atoms with Crippen molar-refractivity contribution in [1.29, 1.82) is 0 Å². The minimum absolute atomic E-state index is 0.207. The molecule has 0 spiro atoms. The standard InChI is InChI=1S/C17H14F3N3O3S/c1-11-2-4-12(5-3-11)15-10-16(17(18,19)20)21-23(15)13-6-8-14(9-7-13)27(25,26)22-24/h2-10,22,24H,1H3. The molecule has 10 heteroatoms. The third-order valence-electron chi connectivity index (χ3n) is 3.86. The maximum Gasteiger partial charge on any atom is 0.435 e. The third kappa shape index (κ3) is 3.87. The van der Waals surface area contributed by atoms with Crippen LogP contribution in [0.15, 0.2) is 59.5 Å². The lowest BCUT2D eigenvalue weighted by Crippen LogP contribution is -2.19. The summed E-state index contributed by atoms with van der Waals surface area (Å²) in [6.07, 6.45) is -4.63. The number of alkyl halides is 3. The van der Waals surface area contributed by atoms with E-state index in [1.807, 2.05) is 6.92 Å². The van der Waals surface area contributed by atoms with Gasteiger partial charge in [0.25, 0.3) is 10.0 Å². The molecule has 27 heavy (non-hydrogen) atoms. The maximum absolute atomic E-state index is 13.2. The zero-order valence-electron chi connectivity index (χ0n) is 13.9. The summed E-state index contributed by atoms with van der Waals surface area (Å²) in [5.41, 5.74) is 0.854. The van der Waals surface area contributed by atoms with E-state index in [1.54, 1.807) is 24.3 Å². The Bertz CT molecular complexity index is 1060. The SMILES string of the molecule is Cc1ccc(-c2cc(C(F)(F)F)nn2-c2ccc(S(=O)(=O)NO)cc2)cc1. The Balaban J connectivity index is 2.14. The quantitative estimate of drug-likeness (QED) is 0.660. The van der Waals surface area contributed by atoms with Crippen LogP contribution >= 0.6 is 0 Å². The first-order valence-electron chi connectivity index (χ1n) is 7.62. The zero-order chi connectivity index (χ0) is 19.8. The summed E-state index contributed by atoms with van der Waals surface area (Å²) in [5.74, 6) is 0. The summed E-state index contributed by atoms with van der Waals surface area (Å²) < 4.78 is 63.7. The van der Waals surface area contributed by atoms with Crippen molar-refractivity contribution in [2.45, 2.75) is 18.0 Å². The third-order valence-corrected chi connectivity index (χ3v) is 4.99. The number of hydrogen-bond donors (Lipinski definition) is 2. The molecule has 3 aromatic rings. The second-order valence-corrected chi connectivity index (χ2v) is 7.44. The highest BCUT2D eigenvalue weighted by molar-refractivity contribution is 7.89. The number of nitrogens with zero attached hydrogens (tertiary/aromatic N) is 2. The minimum atomic E-state index is -4.63. The van der Waals surface area contributed by atoms with Crippen LogP contribution in [0.5, 0.6) is 0 Å². The van der Waals surface area contributed by atoms with Gasteiger partial charge >= 0.3 is 6.18 Å². The van der Waals surface area contributed by atoms with Crippen LogP contribution in [0.2, 0.25) is 0 Å². The fourth-order valence-electron chi connectivity index (χ4n) is 2.47. The first-order chi connectivity index (χ1) is 12.6. The fraction of sp³-hybridized carbons (Fsp3) is 0.118. The molecule has 142 valence electrons. The number of nitrogens with one attached hydrogen (secondary N) is 1. The van der Waals surface area contributed by atoms with Gasteiger partial charge in [0.1, 0.15) is 0 Å². The predicted octanol–water partition coefficient (Wildman–Crippen LogP) is 3.53. The van der Waals surface area contributed by atoms with Gasteiger partial charge in [-0.2, -0.15) is 18.3 Å². The van der Waals surface area contributed by atoms with Crippen LogP contribution in [-0.2, 0) is 16.2 Å². The summed E-state index contributed by atoms with van der Waals surface area (Å²) in [6.45, 7) is 1.86.